The van der Waals surface area contributed by atoms with Gasteiger partial charge in [-0.05, 0) is 53.3 Å². The molecule has 0 radical (unpaired) electrons. The van der Waals surface area contributed by atoms with Crippen LogP contribution in [0.25, 0.3) is 6.08 Å². The first-order chi connectivity index (χ1) is 10.1. The summed E-state index contributed by atoms with van der Waals surface area (Å²) in [5, 5.41) is 8.78. The lowest BCUT2D eigenvalue weighted by molar-refractivity contribution is -0.131. The molecule has 0 heterocycles. The summed E-state index contributed by atoms with van der Waals surface area (Å²) in [7, 11) is 0. The molecule has 0 aromatic heterocycles. The van der Waals surface area contributed by atoms with E-state index >= 15 is 0 Å². The van der Waals surface area contributed by atoms with Gasteiger partial charge in [-0.3, -0.25) is 0 Å². The number of carboxylic acid groups (broad SMARTS) is 1. The number of para-hydroxylation sites is 1. The van der Waals surface area contributed by atoms with Crippen LogP contribution in [0, 0.1) is 5.92 Å². The number of hydrogen-bond donors (Lipinski definition) is 1. The van der Waals surface area contributed by atoms with E-state index in [4.69, 9.17) is 9.84 Å². The highest BCUT2D eigenvalue weighted by molar-refractivity contribution is 9.10. The van der Waals surface area contributed by atoms with Crippen LogP contribution in [0.15, 0.2) is 28.7 Å². The number of rotatable bonds is 5. The first-order valence-corrected chi connectivity index (χ1v) is 8.25. The van der Waals surface area contributed by atoms with E-state index in [0.29, 0.717) is 0 Å². The van der Waals surface area contributed by atoms with Crippen molar-refractivity contribution in [1.82, 2.24) is 0 Å². The zero-order valence-corrected chi connectivity index (χ0v) is 13.8. The Balaban J connectivity index is 2.16. The van der Waals surface area contributed by atoms with Crippen molar-refractivity contribution in [2.45, 2.75) is 45.1 Å². The van der Waals surface area contributed by atoms with Gasteiger partial charge in [-0.2, -0.15) is 0 Å². The summed E-state index contributed by atoms with van der Waals surface area (Å²) in [6.45, 7) is 2.23. The van der Waals surface area contributed by atoms with Crippen LogP contribution in [0.2, 0.25) is 0 Å². The highest BCUT2D eigenvalue weighted by Gasteiger charge is 2.23. The molecule has 1 aliphatic carbocycles. The van der Waals surface area contributed by atoms with E-state index in [1.807, 2.05) is 18.2 Å². The summed E-state index contributed by atoms with van der Waals surface area (Å²) in [5.74, 6) is 0.533. The Kier molecular flexibility index (Phi) is 5.85. The van der Waals surface area contributed by atoms with Gasteiger partial charge in [-0.25, -0.2) is 4.79 Å². The quantitative estimate of drug-likeness (QED) is 0.767. The maximum Gasteiger partial charge on any atom is 0.328 e. The highest BCUT2D eigenvalue weighted by atomic mass is 79.9. The lowest BCUT2D eigenvalue weighted by Crippen LogP contribution is -2.25. The third-order valence-corrected chi connectivity index (χ3v) is 4.62. The Morgan fingerprint density at radius 1 is 1.48 bits per heavy atom. The maximum atomic E-state index is 10.7. The fraction of sp³-hybridized carbons (Fsp3) is 0.471. The smallest absolute Gasteiger partial charge is 0.328 e. The third kappa shape index (κ3) is 4.60. The van der Waals surface area contributed by atoms with Crippen LogP contribution >= 0.6 is 15.9 Å². The number of carboxylic acids is 1. The predicted octanol–water partition coefficient (Wildman–Crippen LogP) is 4.89. The fourth-order valence-electron chi connectivity index (χ4n) is 2.83. The molecule has 4 heteroatoms. The summed E-state index contributed by atoms with van der Waals surface area (Å²) in [4.78, 5) is 10.7. The van der Waals surface area contributed by atoms with E-state index in [9.17, 15) is 4.79 Å². The molecule has 1 aromatic rings. The highest BCUT2D eigenvalue weighted by Crippen LogP contribution is 2.35. The van der Waals surface area contributed by atoms with Gasteiger partial charge < -0.3 is 9.84 Å². The molecule has 1 N–H and O–H groups in total. The van der Waals surface area contributed by atoms with Gasteiger partial charge in [0, 0.05) is 11.6 Å². The summed E-state index contributed by atoms with van der Waals surface area (Å²) in [6.07, 6.45) is 8.79. The van der Waals surface area contributed by atoms with E-state index in [-0.39, 0.29) is 6.10 Å². The molecule has 1 saturated carbocycles. The first-order valence-electron chi connectivity index (χ1n) is 7.46. The van der Waals surface area contributed by atoms with Gasteiger partial charge in [0.2, 0.25) is 0 Å². The van der Waals surface area contributed by atoms with Gasteiger partial charge in [0.15, 0.2) is 0 Å². The van der Waals surface area contributed by atoms with E-state index in [1.165, 1.54) is 19.3 Å². The Bertz CT molecular complexity index is 525. The number of ether oxygens (including phenoxy) is 1. The molecule has 2 atom stereocenters. The molecular formula is C17H21BrO3. The summed E-state index contributed by atoms with van der Waals surface area (Å²) >= 11 is 3.51. The van der Waals surface area contributed by atoms with Crippen LogP contribution in [0.1, 0.15) is 44.6 Å². The van der Waals surface area contributed by atoms with Crippen molar-refractivity contribution >= 4 is 28.0 Å². The molecule has 1 aliphatic rings. The fourth-order valence-corrected chi connectivity index (χ4v) is 3.30. The Morgan fingerprint density at radius 2 is 2.29 bits per heavy atom. The average molecular weight is 353 g/mol. The van der Waals surface area contributed by atoms with Crippen molar-refractivity contribution in [2.75, 3.05) is 0 Å². The van der Waals surface area contributed by atoms with E-state index < -0.39 is 5.97 Å². The molecule has 1 fully saturated rings. The van der Waals surface area contributed by atoms with Gasteiger partial charge in [-0.1, -0.05) is 31.9 Å². The van der Waals surface area contributed by atoms with Gasteiger partial charge in [0.1, 0.15) is 5.75 Å². The van der Waals surface area contributed by atoms with Gasteiger partial charge in [0.05, 0.1) is 10.6 Å². The topological polar surface area (TPSA) is 46.5 Å². The van der Waals surface area contributed by atoms with E-state index in [0.717, 1.165) is 40.6 Å². The Morgan fingerprint density at radius 3 is 3.00 bits per heavy atom. The number of benzene rings is 1. The van der Waals surface area contributed by atoms with E-state index in [1.54, 1.807) is 6.08 Å². The molecule has 0 amide bonds. The zero-order valence-electron chi connectivity index (χ0n) is 12.2. The molecule has 114 valence electrons. The molecule has 1 aromatic carbocycles. The summed E-state index contributed by atoms with van der Waals surface area (Å²) in [6, 6.07) is 5.68. The molecule has 0 spiro atoms. The lowest BCUT2D eigenvalue weighted by atomic mass is 9.85. The molecule has 3 nitrogen and oxygen atoms in total. The van der Waals surface area contributed by atoms with Crippen LogP contribution in [0.4, 0.5) is 0 Å². The van der Waals surface area contributed by atoms with Crippen LogP contribution in [-0.4, -0.2) is 17.2 Å². The summed E-state index contributed by atoms with van der Waals surface area (Å²) < 4.78 is 7.06. The van der Waals surface area contributed by atoms with Crippen LogP contribution in [0.3, 0.4) is 0 Å². The largest absolute Gasteiger partial charge is 0.489 e. The monoisotopic (exact) mass is 352 g/mol. The minimum absolute atomic E-state index is 0.222. The second-order valence-corrected chi connectivity index (χ2v) is 6.36. The van der Waals surface area contributed by atoms with Crippen LogP contribution < -0.4 is 4.74 Å². The molecule has 0 bridgehead atoms. The maximum absolute atomic E-state index is 10.7. The number of carbonyl (C=O) groups is 1. The SMILES string of the molecule is CCC1CCCC(Oc2c(Br)cccc2C=CC(=O)O)C1. The molecule has 0 saturated heterocycles. The van der Waals surface area contributed by atoms with Crippen LogP contribution in [-0.2, 0) is 4.79 Å². The number of aliphatic carboxylic acids is 1. The van der Waals surface area contributed by atoms with Crippen molar-refractivity contribution in [3.8, 4) is 5.75 Å². The lowest BCUT2D eigenvalue weighted by Gasteiger charge is -2.29. The average Bonchev–Trinajstić information content (AvgIpc) is 2.48. The molecule has 2 unspecified atom stereocenters. The zero-order chi connectivity index (χ0) is 15.2. The number of halogens is 1. The van der Waals surface area contributed by atoms with Crippen molar-refractivity contribution in [1.29, 1.82) is 0 Å². The van der Waals surface area contributed by atoms with Gasteiger partial charge >= 0.3 is 5.97 Å². The first kappa shape index (κ1) is 16.1. The molecule has 2 rings (SSSR count). The van der Waals surface area contributed by atoms with Gasteiger partial charge in [-0.15, -0.1) is 0 Å². The third-order valence-electron chi connectivity index (χ3n) is 4.00. The molecule has 21 heavy (non-hydrogen) atoms. The Hall–Kier alpha value is -1.29. The second kappa shape index (κ2) is 7.64. The normalized spacial score (nSPS) is 22.4. The Labute approximate surface area is 134 Å². The second-order valence-electron chi connectivity index (χ2n) is 5.51. The standard InChI is InChI=1S/C17H21BrO3/c1-2-12-5-3-7-14(11-12)21-17-13(9-10-16(19)20)6-4-8-15(17)18/h4,6,8-10,12,14H,2-3,5,7,11H2,1H3,(H,19,20). The van der Waals surface area contributed by atoms with Crippen molar-refractivity contribution in [2.24, 2.45) is 5.92 Å². The predicted molar refractivity (Wildman–Crippen MR) is 87.5 cm³/mol. The molecular weight excluding hydrogens is 332 g/mol. The molecule has 0 aliphatic heterocycles. The van der Waals surface area contributed by atoms with Crippen molar-refractivity contribution < 1.29 is 14.6 Å². The van der Waals surface area contributed by atoms with Crippen molar-refractivity contribution in [3.05, 3.63) is 34.3 Å². The van der Waals surface area contributed by atoms with Crippen molar-refractivity contribution in [3.63, 3.8) is 0 Å². The summed E-state index contributed by atoms with van der Waals surface area (Å²) in [5.41, 5.74) is 0.797. The number of hydrogen-bond acceptors (Lipinski definition) is 2. The van der Waals surface area contributed by atoms with Gasteiger partial charge in [0.25, 0.3) is 0 Å². The minimum Gasteiger partial charge on any atom is -0.489 e. The minimum atomic E-state index is -0.954. The van der Waals surface area contributed by atoms with E-state index in [2.05, 4.69) is 22.9 Å². The van der Waals surface area contributed by atoms with Crippen LogP contribution in [0.5, 0.6) is 5.75 Å².